The van der Waals surface area contributed by atoms with Crippen molar-refractivity contribution in [2.45, 2.75) is 0 Å². The van der Waals surface area contributed by atoms with E-state index in [0.717, 1.165) is 0 Å². The highest BCUT2D eigenvalue weighted by molar-refractivity contribution is 7.38. The lowest BCUT2D eigenvalue weighted by Gasteiger charge is -1.66. The molecule has 0 aromatic heterocycles. The molecule has 0 aliphatic heterocycles. The van der Waals surface area contributed by atoms with Crippen molar-refractivity contribution in [1.82, 2.24) is 0 Å². The molecular formula is C2H5ClNP. The molecule has 2 N–H and O–H groups in total. The van der Waals surface area contributed by atoms with E-state index in [4.69, 9.17) is 17.1 Å². The summed E-state index contributed by atoms with van der Waals surface area (Å²) >= 11 is 5.05. The van der Waals surface area contributed by atoms with Gasteiger partial charge in [0.2, 0.25) is 0 Å². The predicted molar refractivity (Wildman–Crippen MR) is 27.5 cm³/mol. The minimum absolute atomic E-state index is 0.345. The maximum atomic E-state index is 5.05. The van der Waals surface area contributed by atoms with E-state index >= 15 is 0 Å². The monoisotopic (exact) mass is 109 g/mol. The largest absolute Gasteiger partial charge is 0.309 e. The van der Waals surface area contributed by atoms with Gasteiger partial charge in [0.1, 0.15) is 0 Å². The molecule has 0 amide bonds. The summed E-state index contributed by atoms with van der Waals surface area (Å²) < 4.78 is 0. The Balaban J connectivity index is 2.62. The van der Waals surface area contributed by atoms with E-state index in [1.165, 1.54) is 5.54 Å². The first-order valence-corrected chi connectivity index (χ1v) is 2.72. The molecule has 0 bridgehead atoms. The van der Waals surface area contributed by atoms with E-state index in [-0.39, 0.29) is 0 Å². The second-order valence-electron chi connectivity index (χ2n) is 0.459. The summed E-state index contributed by atoms with van der Waals surface area (Å²) in [5, 5.41) is 0. The number of hydrogen-bond acceptors (Lipinski definition) is 1. The van der Waals surface area contributed by atoms with Crippen LogP contribution < -0.4 is 5.50 Å². The van der Waals surface area contributed by atoms with Crippen molar-refractivity contribution >= 4 is 20.3 Å². The molecule has 0 saturated carbocycles. The Hall–Kier alpha value is 0.420. The van der Waals surface area contributed by atoms with Gasteiger partial charge in [-0.2, -0.15) is 0 Å². The van der Waals surface area contributed by atoms with Gasteiger partial charge in [0, 0.05) is 5.54 Å². The quantitative estimate of drug-likeness (QED) is 0.504. The molecule has 5 heavy (non-hydrogen) atoms. The lowest BCUT2D eigenvalue weighted by atomic mass is 11.3. The van der Waals surface area contributed by atoms with Crippen molar-refractivity contribution in [2.24, 2.45) is 5.50 Å². The molecule has 0 rings (SSSR count). The lowest BCUT2D eigenvalue weighted by molar-refractivity contribution is 2.01. The molecule has 3 heteroatoms. The third-order valence-corrected chi connectivity index (χ3v) is 0.856. The Morgan fingerprint density at radius 3 is 2.40 bits per heavy atom. The zero-order valence-electron chi connectivity index (χ0n) is 2.61. The smallest absolute Gasteiger partial charge is 0.00569 e. The van der Waals surface area contributed by atoms with Crippen LogP contribution in [-0.2, 0) is 0 Å². The van der Waals surface area contributed by atoms with Crippen LogP contribution in [0.1, 0.15) is 0 Å². The number of halogens is 1. The third kappa shape index (κ3) is 4.42. The zero-order valence-corrected chi connectivity index (χ0v) is 4.37. The molecule has 1 atom stereocenters. The van der Waals surface area contributed by atoms with Gasteiger partial charge in [-0.05, 0) is 14.5 Å². The molecule has 0 heterocycles. The van der Waals surface area contributed by atoms with E-state index in [1.807, 2.05) is 0 Å². The van der Waals surface area contributed by atoms with Gasteiger partial charge in [-0.1, -0.05) is 11.6 Å². The van der Waals surface area contributed by atoms with Gasteiger partial charge in [-0.3, -0.25) is 0 Å². The van der Waals surface area contributed by atoms with E-state index < -0.39 is 0 Å². The summed E-state index contributed by atoms with van der Waals surface area (Å²) in [6.07, 6.45) is 0. The van der Waals surface area contributed by atoms with Gasteiger partial charge >= 0.3 is 0 Å². The van der Waals surface area contributed by atoms with Crippen molar-refractivity contribution < 1.29 is 0 Å². The lowest BCUT2D eigenvalue weighted by Crippen LogP contribution is -1.60. The molecule has 1 unspecified atom stereocenters. The number of rotatable bonds is 1. The summed E-state index contributed by atoms with van der Waals surface area (Å²) in [5.74, 6) is 1.70. The van der Waals surface area contributed by atoms with Crippen LogP contribution in [0.25, 0.3) is 0 Å². The fourth-order valence-electron chi connectivity index (χ4n) is 0.0364. The van der Waals surface area contributed by atoms with Gasteiger partial charge < -0.3 is 5.50 Å². The van der Waals surface area contributed by atoms with Gasteiger partial charge in [-0.25, -0.2) is 0 Å². The van der Waals surface area contributed by atoms with Crippen LogP contribution in [0.5, 0.6) is 0 Å². The Kier molecular flexibility index (Phi) is 4.79. The Morgan fingerprint density at radius 1 is 1.80 bits per heavy atom. The van der Waals surface area contributed by atoms with Crippen LogP contribution in [-0.4, -0.2) is 0 Å². The first-order chi connectivity index (χ1) is 2.41. The third-order valence-electron chi connectivity index (χ3n) is 0.159. The first kappa shape index (κ1) is 5.42. The minimum Gasteiger partial charge on any atom is -0.309 e. The van der Waals surface area contributed by atoms with Crippen LogP contribution in [0, 0.1) is 0 Å². The van der Waals surface area contributed by atoms with Crippen molar-refractivity contribution in [3.63, 3.8) is 0 Å². The molecular weight excluding hydrogens is 104 g/mol. The second-order valence-corrected chi connectivity index (χ2v) is 1.38. The molecule has 0 radical (unpaired) electrons. The summed E-state index contributed by atoms with van der Waals surface area (Å²) in [5.41, 5.74) is 6.41. The van der Waals surface area contributed by atoms with Crippen LogP contribution >= 0.6 is 20.3 Å². The summed E-state index contributed by atoms with van der Waals surface area (Å²) in [7, 11) is 0.345. The molecule has 0 aromatic carbocycles. The SMILES string of the molecule is NPC=CCl. The molecule has 0 fully saturated rings. The predicted octanol–water partition coefficient (Wildman–Crippen LogP) is 1.25. The molecule has 0 saturated heterocycles. The van der Waals surface area contributed by atoms with Gasteiger partial charge in [-0.15, -0.1) is 0 Å². The topological polar surface area (TPSA) is 26.0 Å². The molecule has 0 aliphatic carbocycles. The Labute approximate surface area is 38.0 Å². The van der Waals surface area contributed by atoms with E-state index in [1.54, 1.807) is 5.82 Å². The van der Waals surface area contributed by atoms with E-state index in [9.17, 15) is 0 Å². The van der Waals surface area contributed by atoms with Crippen LogP contribution in [0.3, 0.4) is 0 Å². The highest BCUT2D eigenvalue weighted by Crippen LogP contribution is 1.96. The maximum absolute atomic E-state index is 5.05. The summed E-state index contributed by atoms with van der Waals surface area (Å²) in [6, 6.07) is 0. The van der Waals surface area contributed by atoms with Gasteiger partial charge in [0.25, 0.3) is 0 Å². The normalized spacial score (nSPS) is 12.4. The van der Waals surface area contributed by atoms with Gasteiger partial charge in [0.05, 0.1) is 0 Å². The van der Waals surface area contributed by atoms with Crippen LogP contribution in [0.2, 0.25) is 0 Å². The molecule has 0 spiro atoms. The fraction of sp³-hybridized carbons (Fsp3) is 0. The minimum atomic E-state index is 0.345. The summed E-state index contributed by atoms with van der Waals surface area (Å²) in [6.45, 7) is 0. The Morgan fingerprint density at radius 2 is 2.40 bits per heavy atom. The standard InChI is InChI=1S/C2H5ClNP/c3-1-2-5-4/h1-2,5H,4H2. The molecule has 1 nitrogen and oxygen atoms in total. The summed E-state index contributed by atoms with van der Waals surface area (Å²) in [4.78, 5) is 0. The van der Waals surface area contributed by atoms with Crippen molar-refractivity contribution in [1.29, 1.82) is 0 Å². The second kappa shape index (κ2) is 4.42. The van der Waals surface area contributed by atoms with E-state index in [0.29, 0.717) is 8.73 Å². The fourth-order valence-corrected chi connectivity index (χ4v) is 0.327. The molecule has 0 aromatic rings. The average molecular weight is 109 g/mol. The Bertz CT molecular complexity index is 36.6. The van der Waals surface area contributed by atoms with Crippen molar-refractivity contribution in [3.8, 4) is 0 Å². The van der Waals surface area contributed by atoms with Crippen LogP contribution in [0.4, 0.5) is 0 Å². The van der Waals surface area contributed by atoms with Crippen LogP contribution in [0.15, 0.2) is 11.4 Å². The molecule has 30 valence electrons. The van der Waals surface area contributed by atoms with Gasteiger partial charge in [0.15, 0.2) is 0 Å². The maximum Gasteiger partial charge on any atom is 0.00569 e. The van der Waals surface area contributed by atoms with E-state index in [2.05, 4.69) is 0 Å². The average Bonchev–Trinajstić information content (AvgIpc) is 1.41. The van der Waals surface area contributed by atoms with Crippen molar-refractivity contribution in [3.05, 3.63) is 11.4 Å². The molecule has 0 aliphatic rings. The highest BCUT2D eigenvalue weighted by atomic mass is 35.5. The number of hydrogen-bond donors (Lipinski definition) is 1. The zero-order chi connectivity index (χ0) is 4.12. The highest BCUT2D eigenvalue weighted by Gasteiger charge is 1.52. The van der Waals surface area contributed by atoms with Crippen molar-refractivity contribution in [2.75, 3.05) is 0 Å². The first-order valence-electron chi connectivity index (χ1n) is 1.13. The number of nitrogens with two attached hydrogens (primary N) is 1.